The zero-order chi connectivity index (χ0) is 31.6. The number of carbonyl (C=O) groups excluding carboxylic acids is 1. The molecular weight excluding hydrogens is 615 g/mol. The van der Waals surface area contributed by atoms with Crippen molar-refractivity contribution in [2.24, 2.45) is 5.10 Å². The highest BCUT2D eigenvalue weighted by Gasteiger charge is 2.38. The van der Waals surface area contributed by atoms with Crippen molar-refractivity contribution in [1.29, 1.82) is 0 Å². The van der Waals surface area contributed by atoms with E-state index in [4.69, 9.17) is 9.51 Å². The first kappa shape index (κ1) is 31.4. The summed E-state index contributed by atoms with van der Waals surface area (Å²) >= 11 is 1.69. The normalized spacial score (nSPS) is 22.1. The third-order valence-electron chi connectivity index (χ3n) is 8.43. The Kier molecular flexibility index (Phi) is 9.33. The van der Waals surface area contributed by atoms with Crippen molar-refractivity contribution in [2.75, 3.05) is 37.6 Å². The molecule has 3 unspecified atom stereocenters. The second-order valence-electron chi connectivity index (χ2n) is 11.5. The molecule has 3 aliphatic heterocycles. The summed E-state index contributed by atoms with van der Waals surface area (Å²) in [6, 6.07) is 9.25. The van der Waals surface area contributed by atoms with Crippen LogP contribution in [0.3, 0.4) is 0 Å². The van der Waals surface area contributed by atoms with Gasteiger partial charge in [0.1, 0.15) is 24.0 Å². The third kappa shape index (κ3) is 7.12. The molecule has 240 valence electrons. The fourth-order valence-corrected chi connectivity index (χ4v) is 7.98. The number of nitrogens with one attached hydrogen (secondary N) is 3. The maximum Gasteiger partial charge on any atom is 0.251 e. The number of carbonyl (C=O) groups is 1. The molecule has 45 heavy (non-hydrogen) atoms. The summed E-state index contributed by atoms with van der Waals surface area (Å²) in [5, 5.41) is 19.1. The van der Waals surface area contributed by atoms with Crippen LogP contribution in [0.5, 0.6) is 0 Å². The zero-order valence-electron chi connectivity index (χ0n) is 25.5. The number of likely N-dealkylation sites (N-methyl/N-ethyl adjacent to an activating group) is 1. The number of rotatable bonds is 13. The molecule has 0 aromatic carbocycles. The maximum atomic E-state index is 13.5. The average Bonchev–Trinajstić information content (AvgIpc) is 3.80. The number of fused-ring (bicyclic) bond motifs is 1. The minimum Gasteiger partial charge on any atom is -0.364 e. The predicted molar refractivity (Wildman–Crippen MR) is 173 cm³/mol. The van der Waals surface area contributed by atoms with E-state index in [1.165, 1.54) is 17.2 Å². The highest BCUT2D eigenvalue weighted by Crippen LogP contribution is 2.34. The Morgan fingerprint density at radius 1 is 1.24 bits per heavy atom. The van der Waals surface area contributed by atoms with E-state index < -0.39 is 10.0 Å². The number of sulfonamides is 1. The van der Waals surface area contributed by atoms with Gasteiger partial charge in [-0.2, -0.15) is 5.10 Å². The highest BCUT2D eigenvalue weighted by atomic mass is 32.2. The van der Waals surface area contributed by atoms with Crippen molar-refractivity contribution >= 4 is 39.3 Å². The first-order valence-corrected chi connectivity index (χ1v) is 17.7. The Morgan fingerprint density at radius 3 is 2.78 bits per heavy atom. The van der Waals surface area contributed by atoms with Crippen molar-refractivity contribution < 1.29 is 17.7 Å². The van der Waals surface area contributed by atoms with Crippen molar-refractivity contribution in [3.8, 4) is 0 Å². The monoisotopic (exact) mass is 653 g/mol. The standard InChI is InChI=1S/C30H39N9O4S2/c1-4-37(5-2)20(3)15-31-30(40)21-13-26(24-16-32-39-10-8-25(34-29(24)39)27-7-6-12-44-27)33-28(14-21)38-17-23(18-38)36-45(41,42)19-22-9-11-43-35-22/h6-14,16,20,23-25,29,34,36H,4-5,15,17-19H2,1-3H3,(H,31,40)/t20-,24?,25?,29?/m0/s1. The molecule has 13 nitrogen and oxygen atoms in total. The van der Waals surface area contributed by atoms with E-state index in [0.29, 0.717) is 42.4 Å². The molecule has 0 spiro atoms. The van der Waals surface area contributed by atoms with Crippen LogP contribution >= 0.6 is 11.3 Å². The predicted octanol–water partition coefficient (Wildman–Crippen LogP) is 2.47. The van der Waals surface area contributed by atoms with Crippen LogP contribution in [0.4, 0.5) is 5.82 Å². The summed E-state index contributed by atoms with van der Waals surface area (Å²) < 4.78 is 32.8. The molecule has 3 aromatic rings. The number of anilines is 1. The number of aromatic nitrogens is 2. The van der Waals surface area contributed by atoms with Gasteiger partial charge in [-0.15, -0.1) is 11.3 Å². The van der Waals surface area contributed by atoms with Crippen molar-refractivity contribution in [2.45, 2.75) is 56.7 Å². The molecule has 3 aromatic heterocycles. The van der Waals surface area contributed by atoms with Gasteiger partial charge >= 0.3 is 0 Å². The molecule has 0 aliphatic carbocycles. The quantitative estimate of drug-likeness (QED) is 0.251. The second-order valence-corrected chi connectivity index (χ2v) is 14.2. The Balaban J connectivity index is 1.20. The Morgan fingerprint density at radius 2 is 2.07 bits per heavy atom. The number of pyridine rings is 1. The van der Waals surface area contributed by atoms with E-state index in [1.54, 1.807) is 17.4 Å². The van der Waals surface area contributed by atoms with Crippen molar-refractivity contribution in [1.82, 2.24) is 35.4 Å². The SMILES string of the molecule is CCN(CC)[C@@H](C)CNC(=O)c1cc(C2C=NN3C=CC(c4cccs4)NC23)nc(N2CC(NS(=O)(=O)Cc3ccon3)C2)c1. The van der Waals surface area contributed by atoms with Gasteiger partial charge in [0.25, 0.3) is 5.91 Å². The number of thiophene rings is 1. The number of amides is 1. The first-order valence-electron chi connectivity index (χ1n) is 15.2. The van der Waals surface area contributed by atoms with E-state index in [1.807, 2.05) is 34.5 Å². The summed E-state index contributed by atoms with van der Waals surface area (Å²) in [7, 11) is -3.60. The first-order chi connectivity index (χ1) is 21.7. The largest absolute Gasteiger partial charge is 0.364 e. The van der Waals surface area contributed by atoms with Crippen LogP contribution in [0.15, 0.2) is 63.9 Å². The molecule has 4 atom stereocenters. The lowest BCUT2D eigenvalue weighted by Gasteiger charge is -2.40. The third-order valence-corrected chi connectivity index (χ3v) is 10.8. The lowest BCUT2D eigenvalue weighted by atomic mass is 9.98. The summed E-state index contributed by atoms with van der Waals surface area (Å²) in [6.45, 7) is 9.50. The fourth-order valence-electron chi connectivity index (χ4n) is 5.94. The van der Waals surface area contributed by atoms with Gasteiger partial charge < -0.3 is 14.7 Å². The zero-order valence-corrected chi connectivity index (χ0v) is 27.2. The number of hydrogen-bond acceptors (Lipinski definition) is 12. The van der Waals surface area contributed by atoms with Gasteiger partial charge in [-0.05, 0) is 49.7 Å². The highest BCUT2D eigenvalue weighted by molar-refractivity contribution is 7.88. The van der Waals surface area contributed by atoms with Crippen LogP contribution < -0.4 is 20.3 Å². The minimum absolute atomic E-state index is 0.0457. The van der Waals surface area contributed by atoms with E-state index in [2.05, 4.69) is 68.8 Å². The average molecular weight is 654 g/mol. The van der Waals surface area contributed by atoms with E-state index in [0.717, 1.165) is 13.1 Å². The van der Waals surface area contributed by atoms with Gasteiger partial charge in [-0.3, -0.25) is 20.0 Å². The number of hydrazone groups is 1. The fraction of sp³-hybridized carbons (Fsp3) is 0.467. The van der Waals surface area contributed by atoms with E-state index >= 15 is 0 Å². The second kappa shape index (κ2) is 13.4. The molecule has 3 N–H and O–H groups in total. The van der Waals surface area contributed by atoms with Gasteiger partial charge in [0, 0.05) is 54.6 Å². The molecule has 0 bridgehead atoms. The van der Waals surface area contributed by atoms with Crippen LogP contribution in [-0.4, -0.2) is 91.6 Å². The molecule has 1 fully saturated rings. The molecule has 0 saturated carbocycles. The van der Waals surface area contributed by atoms with Gasteiger partial charge in [0.15, 0.2) is 0 Å². The van der Waals surface area contributed by atoms with Crippen LogP contribution in [-0.2, 0) is 15.8 Å². The van der Waals surface area contributed by atoms with Crippen molar-refractivity contribution in [3.05, 3.63) is 76.1 Å². The topological polar surface area (TPSA) is 148 Å². The molecule has 6 rings (SSSR count). The minimum atomic E-state index is -3.60. The Hall–Kier alpha value is -3.63. The molecule has 15 heteroatoms. The Bertz CT molecular complexity index is 1620. The maximum absolute atomic E-state index is 13.5. The van der Waals surface area contributed by atoms with Crippen molar-refractivity contribution in [3.63, 3.8) is 0 Å². The number of nitrogens with zero attached hydrogens (tertiary/aromatic N) is 6. The number of hydrogen-bond donors (Lipinski definition) is 3. The summed E-state index contributed by atoms with van der Waals surface area (Å²) in [6.07, 6.45) is 7.12. The Labute approximate surface area is 267 Å². The lowest BCUT2D eigenvalue weighted by molar-refractivity contribution is 0.0937. The van der Waals surface area contributed by atoms with Gasteiger partial charge in [0.05, 0.1) is 29.4 Å². The smallest absolute Gasteiger partial charge is 0.251 e. The van der Waals surface area contributed by atoms with Crippen LogP contribution in [0.1, 0.15) is 59.4 Å². The van der Waals surface area contributed by atoms with E-state index in [-0.39, 0.29) is 41.9 Å². The van der Waals surface area contributed by atoms with Crippen LogP contribution in [0.2, 0.25) is 0 Å². The van der Waals surface area contributed by atoms with E-state index in [9.17, 15) is 13.2 Å². The van der Waals surface area contributed by atoms with Crippen LogP contribution in [0, 0.1) is 0 Å². The summed E-state index contributed by atoms with van der Waals surface area (Å²) in [5.41, 5.74) is 1.57. The summed E-state index contributed by atoms with van der Waals surface area (Å²) in [5.74, 6) is -0.0217. The molecular formula is C30H39N9O4S2. The molecule has 0 radical (unpaired) electrons. The molecule has 3 aliphatic rings. The molecule has 1 saturated heterocycles. The molecule has 6 heterocycles. The summed E-state index contributed by atoms with van der Waals surface area (Å²) in [4.78, 5) is 24.0. The van der Waals surface area contributed by atoms with Gasteiger partial charge in [-0.1, -0.05) is 25.1 Å². The van der Waals surface area contributed by atoms with Crippen LogP contribution in [0.25, 0.3) is 0 Å². The van der Waals surface area contributed by atoms with Gasteiger partial charge in [0.2, 0.25) is 10.0 Å². The lowest BCUT2D eigenvalue weighted by Crippen LogP contribution is -2.59. The molecule has 1 amide bonds. The van der Waals surface area contributed by atoms with Gasteiger partial charge in [-0.25, -0.2) is 18.1 Å².